The van der Waals surface area contributed by atoms with Crippen LogP contribution in [0.2, 0.25) is 0 Å². The van der Waals surface area contributed by atoms with Crippen LogP contribution >= 0.6 is 0 Å². The number of likely N-dealkylation sites (tertiary alicyclic amines) is 1. The van der Waals surface area contributed by atoms with E-state index in [0.717, 1.165) is 17.2 Å². The number of amides is 1. The fourth-order valence-corrected chi connectivity index (χ4v) is 5.56. The van der Waals surface area contributed by atoms with Crippen LogP contribution in [0.25, 0.3) is 22.5 Å². The van der Waals surface area contributed by atoms with E-state index in [-0.39, 0.29) is 30.8 Å². The normalized spacial score (nSPS) is 17.7. The Morgan fingerprint density at radius 3 is 2.49 bits per heavy atom. The van der Waals surface area contributed by atoms with Crippen LogP contribution in [0, 0.1) is 0 Å². The van der Waals surface area contributed by atoms with Crippen molar-refractivity contribution in [2.24, 2.45) is 7.05 Å². The number of carbonyl (C=O) groups excluding carboxylic acids is 1. The summed E-state index contributed by atoms with van der Waals surface area (Å²) < 4.78 is 58.2. The molecule has 0 spiro atoms. The molecule has 2 aliphatic rings. The van der Waals surface area contributed by atoms with Crippen molar-refractivity contribution >= 4 is 11.6 Å². The number of alkyl halides is 4. The first kappa shape index (κ1) is 25.2. The van der Waals surface area contributed by atoms with Gasteiger partial charge in [0.05, 0.1) is 23.4 Å². The predicted octanol–water partition coefficient (Wildman–Crippen LogP) is 5.87. The minimum atomic E-state index is -4.65. The van der Waals surface area contributed by atoms with Crippen molar-refractivity contribution in [3.8, 4) is 22.5 Å². The summed E-state index contributed by atoms with van der Waals surface area (Å²) in [5.41, 5.74) is 2.17. The van der Waals surface area contributed by atoms with Gasteiger partial charge in [0, 0.05) is 32.2 Å². The average Bonchev–Trinajstić information content (AvgIpc) is 3.62. The van der Waals surface area contributed by atoms with Gasteiger partial charge in [-0.2, -0.15) is 13.2 Å². The van der Waals surface area contributed by atoms with Gasteiger partial charge in [0.25, 0.3) is 5.91 Å². The number of hydrogen-bond acceptors (Lipinski definition) is 4. The Labute approximate surface area is 222 Å². The fraction of sp³-hybridized carbons (Fsp3) is 0.276. The van der Waals surface area contributed by atoms with Crippen LogP contribution in [0.4, 0.5) is 23.2 Å². The third kappa shape index (κ3) is 4.58. The van der Waals surface area contributed by atoms with Gasteiger partial charge in [0.1, 0.15) is 12.5 Å². The van der Waals surface area contributed by atoms with Crippen LogP contribution in [0.5, 0.6) is 0 Å². The quantitative estimate of drug-likeness (QED) is 0.300. The molecule has 1 aromatic heterocycles. The molecule has 1 fully saturated rings. The van der Waals surface area contributed by atoms with E-state index in [4.69, 9.17) is 0 Å². The molecule has 4 aromatic rings. The molecule has 3 heterocycles. The largest absolute Gasteiger partial charge is 0.416 e. The van der Waals surface area contributed by atoms with Gasteiger partial charge >= 0.3 is 6.18 Å². The highest BCUT2D eigenvalue weighted by Crippen LogP contribution is 2.44. The van der Waals surface area contributed by atoms with E-state index in [9.17, 15) is 22.4 Å². The maximum atomic E-state index is 14.3. The zero-order chi connectivity index (χ0) is 27.3. The number of halogens is 4. The minimum Gasteiger partial charge on any atom is -0.317 e. The van der Waals surface area contributed by atoms with Crippen LogP contribution in [-0.4, -0.2) is 44.8 Å². The summed E-state index contributed by atoms with van der Waals surface area (Å²) in [5.74, 6) is -0.0319. The summed E-state index contributed by atoms with van der Waals surface area (Å²) in [5, 5.41) is 8.27. The maximum Gasteiger partial charge on any atom is 0.416 e. The summed E-state index contributed by atoms with van der Waals surface area (Å²) >= 11 is 0. The molecule has 2 aliphatic heterocycles. The second-order valence-corrected chi connectivity index (χ2v) is 10.0. The van der Waals surface area contributed by atoms with Gasteiger partial charge < -0.3 is 9.47 Å². The topological polar surface area (TPSA) is 54.3 Å². The molecule has 1 unspecified atom stereocenters. The third-order valence-corrected chi connectivity index (χ3v) is 7.38. The number of rotatable bonds is 5. The van der Waals surface area contributed by atoms with Gasteiger partial charge in [-0.25, -0.2) is 4.39 Å². The van der Waals surface area contributed by atoms with Gasteiger partial charge in [-0.3, -0.25) is 9.69 Å². The van der Waals surface area contributed by atoms with E-state index in [0.29, 0.717) is 35.6 Å². The van der Waals surface area contributed by atoms with Gasteiger partial charge in [0.2, 0.25) is 0 Å². The molecule has 1 saturated heterocycles. The molecule has 39 heavy (non-hydrogen) atoms. The van der Waals surface area contributed by atoms with E-state index < -0.39 is 23.8 Å². The monoisotopic (exact) mass is 535 g/mol. The van der Waals surface area contributed by atoms with Crippen molar-refractivity contribution in [3.63, 3.8) is 0 Å². The molecule has 1 atom stereocenters. The van der Waals surface area contributed by atoms with Crippen LogP contribution in [-0.2, 0) is 26.3 Å². The summed E-state index contributed by atoms with van der Waals surface area (Å²) in [6.45, 7) is 0.555. The Bertz CT molecular complexity index is 1550. The molecular formula is C29H25F4N5O. The van der Waals surface area contributed by atoms with Crippen molar-refractivity contribution in [2.75, 3.05) is 18.0 Å². The second-order valence-electron chi connectivity index (χ2n) is 10.0. The van der Waals surface area contributed by atoms with Crippen molar-refractivity contribution in [1.82, 2.24) is 19.7 Å². The highest BCUT2D eigenvalue weighted by molar-refractivity contribution is 6.13. The number of aromatic nitrogens is 3. The van der Waals surface area contributed by atoms with Gasteiger partial charge in [-0.05, 0) is 46.9 Å². The lowest BCUT2D eigenvalue weighted by Crippen LogP contribution is -2.24. The van der Waals surface area contributed by atoms with Crippen molar-refractivity contribution in [3.05, 3.63) is 89.2 Å². The van der Waals surface area contributed by atoms with Crippen LogP contribution in [0.3, 0.4) is 0 Å². The van der Waals surface area contributed by atoms with Crippen LogP contribution < -0.4 is 4.90 Å². The molecule has 0 N–H and O–H groups in total. The number of anilines is 1. The van der Waals surface area contributed by atoms with Crippen molar-refractivity contribution in [2.45, 2.75) is 31.9 Å². The lowest BCUT2D eigenvalue weighted by atomic mass is 9.97. The van der Waals surface area contributed by atoms with E-state index in [1.54, 1.807) is 28.6 Å². The van der Waals surface area contributed by atoms with Gasteiger partial charge in [0.15, 0.2) is 5.82 Å². The molecule has 200 valence electrons. The number of fused-ring (bicyclic) bond motifs is 1. The molecule has 0 aliphatic carbocycles. The Morgan fingerprint density at radius 1 is 1.03 bits per heavy atom. The number of nitrogens with zero attached hydrogens (tertiary/aromatic N) is 5. The second kappa shape index (κ2) is 9.60. The highest BCUT2D eigenvalue weighted by Gasteiger charge is 2.41. The van der Waals surface area contributed by atoms with E-state index in [1.807, 2.05) is 36.4 Å². The minimum absolute atomic E-state index is 0.0184. The summed E-state index contributed by atoms with van der Waals surface area (Å²) in [7, 11) is 1.77. The Balaban J connectivity index is 1.47. The summed E-state index contributed by atoms with van der Waals surface area (Å²) in [6, 6.07) is 17.6. The van der Waals surface area contributed by atoms with Crippen molar-refractivity contribution in [1.29, 1.82) is 0 Å². The predicted molar refractivity (Wildman–Crippen MR) is 139 cm³/mol. The highest BCUT2D eigenvalue weighted by atomic mass is 19.4. The van der Waals surface area contributed by atoms with Crippen LogP contribution in [0.1, 0.15) is 33.5 Å². The zero-order valence-corrected chi connectivity index (χ0v) is 21.1. The molecule has 10 heteroatoms. The number of carbonyl (C=O) groups is 1. The number of hydrogen-bond donors (Lipinski definition) is 0. The smallest absolute Gasteiger partial charge is 0.317 e. The zero-order valence-electron chi connectivity index (χ0n) is 21.1. The van der Waals surface area contributed by atoms with E-state index >= 15 is 0 Å². The first-order valence-electron chi connectivity index (χ1n) is 12.6. The van der Waals surface area contributed by atoms with Crippen molar-refractivity contribution < 1.29 is 22.4 Å². The van der Waals surface area contributed by atoms with Gasteiger partial charge in [-0.1, -0.05) is 42.5 Å². The van der Waals surface area contributed by atoms with E-state index in [2.05, 4.69) is 10.2 Å². The standard InChI is InChI=1S/C29H25F4N5O/c1-36-17-34-35-27(36)26-21(19-6-3-2-4-7-19)8-5-9-25(26)38-16-23-22(28(38)39)12-18(13-24(23)29(31,32)33)14-37-11-10-20(30)15-37/h2-9,12-13,17,20H,10-11,14-16H2,1H3. The molecular weight excluding hydrogens is 510 g/mol. The lowest BCUT2D eigenvalue weighted by Gasteiger charge is -2.22. The van der Waals surface area contributed by atoms with E-state index in [1.165, 1.54) is 17.3 Å². The molecule has 6 nitrogen and oxygen atoms in total. The Hall–Kier alpha value is -4.05. The molecule has 0 bridgehead atoms. The Morgan fingerprint density at radius 2 is 1.82 bits per heavy atom. The average molecular weight is 536 g/mol. The molecule has 0 saturated carbocycles. The third-order valence-electron chi connectivity index (χ3n) is 7.38. The summed E-state index contributed by atoms with van der Waals surface area (Å²) in [4.78, 5) is 17.0. The Kier molecular flexibility index (Phi) is 6.22. The number of benzene rings is 3. The first-order valence-corrected chi connectivity index (χ1v) is 12.6. The molecule has 0 radical (unpaired) electrons. The molecule has 6 rings (SSSR count). The fourth-order valence-electron chi connectivity index (χ4n) is 5.56. The summed E-state index contributed by atoms with van der Waals surface area (Å²) in [6.07, 6.45) is -3.75. The van der Waals surface area contributed by atoms with Crippen LogP contribution in [0.15, 0.2) is 67.0 Å². The molecule has 1 amide bonds. The lowest BCUT2D eigenvalue weighted by molar-refractivity contribution is -0.138. The maximum absolute atomic E-state index is 14.3. The number of aryl methyl sites for hydroxylation is 1. The molecule has 3 aromatic carbocycles. The van der Waals surface area contributed by atoms with Gasteiger partial charge in [-0.15, -0.1) is 10.2 Å². The first-order chi connectivity index (χ1) is 18.7. The SMILES string of the molecule is Cn1cnnc1-c1c(-c2ccccc2)cccc1N1Cc2c(cc(CN3CCC(F)C3)cc2C(F)(F)F)C1=O.